The number of thiazole rings is 1. The van der Waals surface area contributed by atoms with Gasteiger partial charge in [-0.05, 0) is 36.7 Å². The highest BCUT2D eigenvalue weighted by Crippen LogP contribution is 2.31. The Morgan fingerprint density at radius 3 is 2.72 bits per heavy atom. The molecule has 29 heavy (non-hydrogen) atoms. The fourth-order valence-corrected chi connectivity index (χ4v) is 4.92. The maximum Gasteiger partial charge on any atom is 0.373 e. The van der Waals surface area contributed by atoms with Crippen LogP contribution in [0.4, 0.5) is 5.13 Å². The van der Waals surface area contributed by atoms with Crippen LogP contribution in [0.3, 0.4) is 0 Å². The van der Waals surface area contributed by atoms with Gasteiger partial charge in [-0.25, -0.2) is 9.71 Å². The zero-order chi connectivity index (χ0) is 20.6. The average molecular weight is 432 g/mol. The molecule has 4 aromatic rings. The van der Waals surface area contributed by atoms with E-state index in [4.69, 9.17) is 4.74 Å². The molecule has 2 aromatic heterocycles. The fourth-order valence-electron chi connectivity index (χ4n) is 2.68. The Morgan fingerprint density at radius 2 is 2.00 bits per heavy atom. The summed E-state index contributed by atoms with van der Waals surface area (Å²) >= 11 is 1.13. The van der Waals surface area contributed by atoms with E-state index in [0.29, 0.717) is 23.6 Å². The Bertz CT molecular complexity index is 1280. The SMILES string of the molecule is CCOc1ccc2nc(NS(=O)(=O)c3c([O-])on[n+]3-c3ccc(C)cc3)sc2c1. The smallest absolute Gasteiger partial charge is 0.373 e. The first-order valence-electron chi connectivity index (χ1n) is 8.59. The number of aromatic nitrogens is 3. The van der Waals surface area contributed by atoms with Crippen molar-refractivity contribution in [2.75, 3.05) is 11.3 Å². The number of hydrogen-bond donors (Lipinski definition) is 1. The van der Waals surface area contributed by atoms with Crippen LogP contribution in [-0.4, -0.2) is 25.3 Å². The number of hydrogen-bond acceptors (Lipinski definition) is 8. The maximum absolute atomic E-state index is 12.9. The third-order valence-corrected chi connectivity index (χ3v) is 6.37. The van der Waals surface area contributed by atoms with Crippen molar-refractivity contribution in [1.29, 1.82) is 0 Å². The zero-order valence-corrected chi connectivity index (χ0v) is 17.1. The predicted molar refractivity (Wildman–Crippen MR) is 104 cm³/mol. The Hall–Kier alpha value is -3.18. The summed E-state index contributed by atoms with van der Waals surface area (Å²) < 4.78 is 39.9. The van der Waals surface area contributed by atoms with Gasteiger partial charge in [0.05, 0.1) is 22.1 Å². The summed E-state index contributed by atoms with van der Waals surface area (Å²) in [7, 11) is -4.30. The molecule has 2 heterocycles. The number of rotatable bonds is 6. The van der Waals surface area contributed by atoms with Crippen molar-refractivity contribution in [2.24, 2.45) is 0 Å². The van der Waals surface area contributed by atoms with Crippen LogP contribution in [0.15, 0.2) is 52.0 Å². The number of nitrogens with one attached hydrogen (secondary N) is 1. The first-order chi connectivity index (χ1) is 13.9. The summed E-state index contributed by atoms with van der Waals surface area (Å²) in [6, 6.07) is 12.1. The van der Waals surface area contributed by atoms with Gasteiger partial charge >= 0.3 is 15.0 Å². The van der Waals surface area contributed by atoms with E-state index >= 15 is 0 Å². The minimum atomic E-state index is -4.30. The third-order valence-electron chi connectivity index (χ3n) is 4.00. The molecule has 2 aromatic carbocycles. The van der Waals surface area contributed by atoms with Crippen LogP contribution in [0, 0.1) is 6.92 Å². The second kappa shape index (κ2) is 7.33. The summed E-state index contributed by atoms with van der Waals surface area (Å²) in [6.45, 7) is 4.28. The van der Waals surface area contributed by atoms with Gasteiger partial charge in [0.2, 0.25) is 5.69 Å². The lowest BCUT2D eigenvalue weighted by Crippen LogP contribution is -2.40. The van der Waals surface area contributed by atoms with Crippen molar-refractivity contribution in [3.05, 3.63) is 48.0 Å². The Labute approximate surface area is 170 Å². The molecule has 0 unspecified atom stereocenters. The van der Waals surface area contributed by atoms with Crippen LogP contribution in [-0.2, 0) is 10.0 Å². The summed E-state index contributed by atoms with van der Waals surface area (Å²) in [4.78, 5) is 4.26. The molecule has 0 amide bonds. The molecule has 0 aliphatic carbocycles. The number of sulfonamides is 1. The summed E-state index contributed by atoms with van der Waals surface area (Å²) in [5.74, 6) is -0.408. The number of anilines is 1. The first kappa shape index (κ1) is 19.2. The van der Waals surface area contributed by atoms with Crippen LogP contribution in [0.5, 0.6) is 11.7 Å². The first-order valence-corrected chi connectivity index (χ1v) is 10.9. The van der Waals surface area contributed by atoms with E-state index in [1.54, 1.807) is 42.5 Å². The number of aryl methyl sites for hydroxylation is 1. The number of nitrogens with zero attached hydrogens (tertiary/aromatic N) is 3. The summed E-state index contributed by atoms with van der Waals surface area (Å²) in [6.07, 6.45) is 0. The average Bonchev–Trinajstić information content (AvgIpc) is 3.25. The van der Waals surface area contributed by atoms with Gasteiger partial charge in [-0.2, -0.15) is 8.42 Å². The quantitative estimate of drug-likeness (QED) is 0.463. The topological polar surface area (TPSA) is 121 Å². The molecule has 0 atom stereocenters. The Kier molecular flexibility index (Phi) is 4.84. The van der Waals surface area contributed by atoms with Crippen LogP contribution in [0.2, 0.25) is 0 Å². The molecule has 4 rings (SSSR count). The molecule has 0 spiro atoms. The molecule has 0 aliphatic heterocycles. The molecule has 9 nitrogen and oxygen atoms in total. The van der Waals surface area contributed by atoms with Gasteiger partial charge in [-0.1, -0.05) is 29.0 Å². The molecule has 0 aliphatic rings. The van der Waals surface area contributed by atoms with E-state index in [-0.39, 0.29) is 5.13 Å². The van der Waals surface area contributed by atoms with Crippen molar-refractivity contribution < 1.29 is 27.5 Å². The molecule has 150 valence electrons. The molecule has 0 radical (unpaired) electrons. The molecule has 0 fully saturated rings. The Morgan fingerprint density at radius 1 is 1.24 bits per heavy atom. The van der Waals surface area contributed by atoms with E-state index in [9.17, 15) is 13.5 Å². The van der Waals surface area contributed by atoms with Gasteiger partial charge in [-0.15, -0.1) is 0 Å². The standard InChI is InChI=1S/C18H16N4O5S2/c1-3-26-13-8-9-14-15(10-13)28-18(19-14)20-29(24,25)16-17(23)27-21-22(16)12-6-4-11(2)5-7-12/h4-10H,3H2,1-2H3,(H-,19,20,21,23). The zero-order valence-electron chi connectivity index (χ0n) is 15.4. The summed E-state index contributed by atoms with van der Waals surface area (Å²) in [5.41, 5.74) is 1.96. The Balaban J connectivity index is 1.70. The minimum Gasteiger partial charge on any atom is -0.538 e. The molecule has 11 heteroatoms. The van der Waals surface area contributed by atoms with E-state index < -0.39 is 21.0 Å². The molecule has 0 saturated heterocycles. The number of ether oxygens (including phenoxy) is 1. The normalized spacial score (nSPS) is 11.7. The van der Waals surface area contributed by atoms with E-state index in [2.05, 4.69) is 19.5 Å². The number of fused-ring (bicyclic) bond motifs is 1. The van der Waals surface area contributed by atoms with E-state index in [1.807, 2.05) is 13.8 Å². The second-order valence-corrected chi connectivity index (χ2v) is 8.73. The molecule has 0 bridgehead atoms. The second-order valence-electron chi connectivity index (χ2n) is 6.10. The van der Waals surface area contributed by atoms with Crippen molar-refractivity contribution in [1.82, 2.24) is 10.3 Å². The fraction of sp³-hybridized carbons (Fsp3) is 0.167. The van der Waals surface area contributed by atoms with E-state index in [0.717, 1.165) is 26.3 Å². The highest BCUT2D eigenvalue weighted by Gasteiger charge is 2.34. The van der Waals surface area contributed by atoms with Crippen molar-refractivity contribution in [3.63, 3.8) is 0 Å². The van der Waals surface area contributed by atoms with Crippen LogP contribution >= 0.6 is 11.3 Å². The monoisotopic (exact) mass is 432 g/mol. The lowest BCUT2D eigenvalue weighted by atomic mass is 10.2. The predicted octanol–water partition coefficient (Wildman–Crippen LogP) is 2.14. The van der Waals surface area contributed by atoms with Crippen LogP contribution < -0.4 is 19.2 Å². The van der Waals surface area contributed by atoms with Gasteiger partial charge in [0.25, 0.3) is 0 Å². The van der Waals surface area contributed by atoms with Gasteiger partial charge in [0, 0.05) is 12.1 Å². The van der Waals surface area contributed by atoms with Gasteiger partial charge in [-0.3, -0.25) is 0 Å². The molecular weight excluding hydrogens is 416 g/mol. The van der Waals surface area contributed by atoms with Crippen molar-refractivity contribution >= 4 is 36.7 Å². The molecular formula is C18H16N4O5S2. The molecule has 1 N–H and O–H groups in total. The molecule has 0 saturated carbocycles. The van der Waals surface area contributed by atoms with E-state index in [1.165, 1.54) is 0 Å². The highest BCUT2D eigenvalue weighted by atomic mass is 32.2. The number of benzene rings is 2. The van der Waals surface area contributed by atoms with Crippen molar-refractivity contribution in [2.45, 2.75) is 18.9 Å². The highest BCUT2D eigenvalue weighted by molar-refractivity contribution is 7.92. The van der Waals surface area contributed by atoms with Crippen LogP contribution in [0.25, 0.3) is 15.9 Å². The lowest BCUT2D eigenvalue weighted by molar-refractivity contribution is -0.706. The minimum absolute atomic E-state index is 0.115. The summed E-state index contributed by atoms with van der Waals surface area (Å²) in [5, 5.41) is 15.2. The van der Waals surface area contributed by atoms with Gasteiger partial charge < -0.3 is 14.4 Å². The van der Waals surface area contributed by atoms with Crippen LogP contribution in [0.1, 0.15) is 12.5 Å². The van der Waals surface area contributed by atoms with Gasteiger partial charge in [0.1, 0.15) is 5.75 Å². The maximum atomic E-state index is 12.9. The largest absolute Gasteiger partial charge is 0.538 e. The van der Waals surface area contributed by atoms with Crippen molar-refractivity contribution in [3.8, 4) is 17.4 Å². The lowest BCUT2D eigenvalue weighted by Gasteiger charge is -2.02. The van der Waals surface area contributed by atoms with Gasteiger partial charge in [0.15, 0.2) is 11.1 Å². The third kappa shape index (κ3) is 3.74.